The molecular weight excluding hydrogens is 322 g/mol. The molecule has 0 aliphatic carbocycles. The first kappa shape index (κ1) is 18.3. The van der Waals surface area contributed by atoms with Gasteiger partial charge in [-0.15, -0.1) is 0 Å². The van der Waals surface area contributed by atoms with Gasteiger partial charge in [0.2, 0.25) is 5.91 Å². The Balaban J connectivity index is 2.00. The molecule has 0 aromatic heterocycles. The Morgan fingerprint density at radius 1 is 1.04 bits per heavy atom. The molecule has 0 unspecified atom stereocenters. The summed E-state index contributed by atoms with van der Waals surface area (Å²) in [6.07, 6.45) is 0. The fourth-order valence-electron chi connectivity index (χ4n) is 2.11. The van der Waals surface area contributed by atoms with Crippen molar-refractivity contribution in [3.8, 4) is 11.5 Å². The zero-order valence-corrected chi connectivity index (χ0v) is 14.2. The SMILES string of the molecule is COc1ccccc1OCC(=O)Nc1cc(NC(=O)CN)ccc1C. The number of amides is 2. The Bertz CT molecular complexity index is 762. The van der Waals surface area contributed by atoms with E-state index in [-0.39, 0.29) is 25.0 Å². The molecule has 7 heteroatoms. The number of methoxy groups -OCH3 is 1. The number of nitrogens with one attached hydrogen (secondary N) is 2. The fourth-order valence-corrected chi connectivity index (χ4v) is 2.11. The molecule has 0 radical (unpaired) electrons. The van der Waals surface area contributed by atoms with Gasteiger partial charge >= 0.3 is 0 Å². The zero-order valence-electron chi connectivity index (χ0n) is 14.2. The Morgan fingerprint density at radius 2 is 1.76 bits per heavy atom. The van der Waals surface area contributed by atoms with Crippen LogP contribution in [0.2, 0.25) is 0 Å². The van der Waals surface area contributed by atoms with Crippen LogP contribution in [0.5, 0.6) is 11.5 Å². The van der Waals surface area contributed by atoms with Gasteiger partial charge in [-0.3, -0.25) is 9.59 Å². The molecule has 7 nitrogen and oxygen atoms in total. The number of carbonyl (C=O) groups is 2. The summed E-state index contributed by atoms with van der Waals surface area (Å²) in [6.45, 7) is 1.58. The number of anilines is 2. The Morgan fingerprint density at radius 3 is 2.44 bits per heavy atom. The van der Waals surface area contributed by atoms with E-state index in [0.717, 1.165) is 5.56 Å². The summed E-state index contributed by atoms with van der Waals surface area (Å²) in [5.41, 5.74) is 7.28. The smallest absolute Gasteiger partial charge is 0.262 e. The topological polar surface area (TPSA) is 103 Å². The van der Waals surface area contributed by atoms with Gasteiger partial charge in [-0.25, -0.2) is 0 Å². The second-order valence-corrected chi connectivity index (χ2v) is 5.27. The van der Waals surface area contributed by atoms with Gasteiger partial charge in [0.25, 0.3) is 5.91 Å². The van der Waals surface area contributed by atoms with Crippen molar-refractivity contribution in [3.05, 3.63) is 48.0 Å². The highest BCUT2D eigenvalue weighted by molar-refractivity contribution is 5.95. The molecule has 0 heterocycles. The van der Waals surface area contributed by atoms with Crippen LogP contribution < -0.4 is 25.8 Å². The average molecular weight is 343 g/mol. The number of hydrogen-bond acceptors (Lipinski definition) is 5. The minimum Gasteiger partial charge on any atom is -0.493 e. The van der Waals surface area contributed by atoms with Crippen molar-refractivity contribution < 1.29 is 19.1 Å². The van der Waals surface area contributed by atoms with Crippen molar-refractivity contribution in [3.63, 3.8) is 0 Å². The van der Waals surface area contributed by atoms with Gasteiger partial charge in [0.05, 0.1) is 13.7 Å². The highest BCUT2D eigenvalue weighted by atomic mass is 16.5. The lowest BCUT2D eigenvalue weighted by Gasteiger charge is -2.13. The second kappa shape index (κ2) is 8.70. The van der Waals surface area contributed by atoms with E-state index < -0.39 is 0 Å². The van der Waals surface area contributed by atoms with Crippen molar-refractivity contribution in [1.29, 1.82) is 0 Å². The van der Waals surface area contributed by atoms with E-state index in [1.807, 2.05) is 13.0 Å². The Labute approximate surface area is 146 Å². The van der Waals surface area contributed by atoms with Crippen LogP contribution in [-0.2, 0) is 9.59 Å². The summed E-state index contributed by atoms with van der Waals surface area (Å²) in [5.74, 6) is 0.413. The third kappa shape index (κ3) is 5.22. The molecule has 0 aliphatic rings. The quantitative estimate of drug-likeness (QED) is 0.713. The lowest BCUT2D eigenvalue weighted by Crippen LogP contribution is -2.23. The van der Waals surface area contributed by atoms with Gasteiger partial charge in [-0.2, -0.15) is 0 Å². The maximum Gasteiger partial charge on any atom is 0.262 e. The van der Waals surface area contributed by atoms with E-state index in [2.05, 4.69) is 10.6 Å². The van der Waals surface area contributed by atoms with E-state index in [9.17, 15) is 9.59 Å². The highest BCUT2D eigenvalue weighted by Crippen LogP contribution is 2.26. The number of hydrogen-bond donors (Lipinski definition) is 3. The van der Waals surface area contributed by atoms with Crippen LogP contribution >= 0.6 is 0 Å². The average Bonchev–Trinajstić information content (AvgIpc) is 2.62. The molecule has 0 bridgehead atoms. The fraction of sp³-hybridized carbons (Fsp3) is 0.222. The summed E-state index contributed by atoms with van der Waals surface area (Å²) in [5, 5.41) is 5.40. The van der Waals surface area contributed by atoms with Gasteiger partial charge in [-0.05, 0) is 36.8 Å². The summed E-state index contributed by atoms with van der Waals surface area (Å²) in [4.78, 5) is 23.5. The number of nitrogens with two attached hydrogens (primary N) is 1. The molecular formula is C18H21N3O4. The normalized spacial score (nSPS) is 10.0. The number of para-hydroxylation sites is 2. The molecule has 2 amide bonds. The molecule has 25 heavy (non-hydrogen) atoms. The van der Waals surface area contributed by atoms with E-state index >= 15 is 0 Å². The largest absolute Gasteiger partial charge is 0.493 e. The van der Waals surface area contributed by atoms with Crippen LogP contribution in [0.1, 0.15) is 5.56 Å². The second-order valence-electron chi connectivity index (χ2n) is 5.27. The van der Waals surface area contributed by atoms with Gasteiger partial charge in [0, 0.05) is 11.4 Å². The van der Waals surface area contributed by atoms with Gasteiger partial charge in [0.15, 0.2) is 18.1 Å². The first-order valence-electron chi connectivity index (χ1n) is 7.69. The summed E-state index contributed by atoms with van der Waals surface area (Å²) in [7, 11) is 1.53. The third-order valence-electron chi connectivity index (χ3n) is 3.41. The minimum absolute atomic E-state index is 0.109. The molecule has 4 N–H and O–H groups in total. The minimum atomic E-state index is -0.323. The molecule has 0 saturated carbocycles. The van der Waals surface area contributed by atoms with E-state index in [4.69, 9.17) is 15.2 Å². The van der Waals surface area contributed by atoms with Crippen LogP contribution in [-0.4, -0.2) is 32.1 Å². The third-order valence-corrected chi connectivity index (χ3v) is 3.41. The van der Waals surface area contributed by atoms with E-state index in [1.165, 1.54) is 7.11 Å². The van der Waals surface area contributed by atoms with Gasteiger partial charge in [-0.1, -0.05) is 18.2 Å². The van der Waals surface area contributed by atoms with Crippen LogP contribution in [0, 0.1) is 6.92 Å². The lowest BCUT2D eigenvalue weighted by atomic mass is 10.1. The van der Waals surface area contributed by atoms with Crippen molar-refractivity contribution >= 4 is 23.2 Å². The lowest BCUT2D eigenvalue weighted by molar-refractivity contribution is -0.118. The molecule has 132 valence electrons. The maximum absolute atomic E-state index is 12.1. The van der Waals surface area contributed by atoms with Crippen molar-refractivity contribution in [2.45, 2.75) is 6.92 Å². The van der Waals surface area contributed by atoms with Crippen LogP contribution in [0.3, 0.4) is 0 Å². The predicted octanol–water partition coefficient (Wildman–Crippen LogP) is 1.92. The van der Waals surface area contributed by atoms with Crippen LogP contribution in [0.25, 0.3) is 0 Å². The molecule has 0 fully saturated rings. The van der Waals surface area contributed by atoms with Crippen molar-refractivity contribution in [2.24, 2.45) is 5.73 Å². The highest BCUT2D eigenvalue weighted by Gasteiger charge is 2.10. The summed E-state index contributed by atoms with van der Waals surface area (Å²) < 4.78 is 10.7. The molecule has 0 spiro atoms. The zero-order chi connectivity index (χ0) is 18.2. The molecule has 0 saturated heterocycles. The maximum atomic E-state index is 12.1. The molecule has 0 aliphatic heterocycles. The number of benzene rings is 2. The molecule has 2 aromatic rings. The monoisotopic (exact) mass is 343 g/mol. The molecule has 2 rings (SSSR count). The predicted molar refractivity (Wildman–Crippen MR) is 96.0 cm³/mol. The molecule has 2 aromatic carbocycles. The number of ether oxygens (including phenoxy) is 2. The van der Waals surface area contributed by atoms with E-state index in [0.29, 0.717) is 22.9 Å². The van der Waals surface area contributed by atoms with Crippen molar-refractivity contribution in [2.75, 3.05) is 30.9 Å². The first-order valence-corrected chi connectivity index (χ1v) is 7.69. The Hall–Kier alpha value is -3.06. The van der Waals surface area contributed by atoms with Crippen LogP contribution in [0.15, 0.2) is 42.5 Å². The standard InChI is InChI=1S/C18H21N3O4/c1-12-7-8-13(20-17(22)10-19)9-14(12)21-18(23)11-25-16-6-4-3-5-15(16)24-2/h3-9H,10-11,19H2,1-2H3,(H,20,22)(H,21,23). The van der Waals surface area contributed by atoms with Crippen molar-refractivity contribution in [1.82, 2.24) is 0 Å². The first-order chi connectivity index (χ1) is 12.0. The number of rotatable bonds is 7. The molecule has 0 atom stereocenters. The summed E-state index contributed by atoms with van der Waals surface area (Å²) in [6, 6.07) is 12.3. The summed E-state index contributed by atoms with van der Waals surface area (Å²) >= 11 is 0. The Kier molecular flexibility index (Phi) is 6.36. The number of carbonyl (C=O) groups excluding carboxylic acids is 2. The van der Waals surface area contributed by atoms with Crippen LogP contribution in [0.4, 0.5) is 11.4 Å². The van der Waals surface area contributed by atoms with Gasteiger partial charge in [0.1, 0.15) is 0 Å². The number of aryl methyl sites for hydroxylation is 1. The van der Waals surface area contributed by atoms with E-state index in [1.54, 1.807) is 36.4 Å². The van der Waals surface area contributed by atoms with Gasteiger partial charge < -0.3 is 25.8 Å².